The maximum absolute atomic E-state index is 13.0. The molecule has 0 atom stereocenters. The van der Waals surface area contributed by atoms with Crippen LogP contribution in [0.4, 0.5) is 4.79 Å². The zero-order valence-corrected chi connectivity index (χ0v) is 14.5. The third-order valence-electron chi connectivity index (χ3n) is 3.91. The van der Waals surface area contributed by atoms with Crippen LogP contribution in [0, 0.1) is 0 Å². The lowest BCUT2D eigenvalue weighted by molar-refractivity contribution is 0.158. The van der Waals surface area contributed by atoms with Gasteiger partial charge >= 0.3 is 6.09 Å². The fourth-order valence-corrected chi connectivity index (χ4v) is 4.03. The first-order valence-electron chi connectivity index (χ1n) is 7.75. The summed E-state index contributed by atoms with van der Waals surface area (Å²) in [6, 6.07) is 8.05. The molecule has 0 bridgehead atoms. The fraction of sp³-hybridized carbons (Fsp3) is 0.176. The Morgan fingerprint density at radius 2 is 2.12 bits per heavy atom. The summed E-state index contributed by atoms with van der Waals surface area (Å²) in [5, 5.41) is 10.1. The van der Waals surface area contributed by atoms with Gasteiger partial charge in [0.2, 0.25) is 0 Å². The lowest BCUT2D eigenvalue weighted by atomic mass is 10.1. The molecule has 0 saturated heterocycles. The van der Waals surface area contributed by atoms with Gasteiger partial charge in [0.05, 0.1) is 18.7 Å². The number of pyridine rings is 1. The highest BCUT2D eigenvalue weighted by Crippen LogP contribution is 2.27. The van der Waals surface area contributed by atoms with Crippen molar-refractivity contribution >= 4 is 27.0 Å². The molecule has 0 aliphatic carbocycles. The number of amides is 1. The van der Waals surface area contributed by atoms with Crippen LogP contribution in [0.3, 0.4) is 0 Å². The molecule has 1 amide bonds. The Balaban J connectivity index is 2.13. The van der Waals surface area contributed by atoms with Crippen LogP contribution >= 0.6 is 0 Å². The maximum atomic E-state index is 13.0. The van der Waals surface area contributed by atoms with Crippen LogP contribution in [-0.2, 0) is 27.8 Å². The summed E-state index contributed by atoms with van der Waals surface area (Å²) in [4.78, 5) is 14.7. The van der Waals surface area contributed by atoms with Gasteiger partial charge in [-0.1, -0.05) is 12.1 Å². The van der Waals surface area contributed by atoms with Crippen LogP contribution in [0.2, 0.25) is 0 Å². The van der Waals surface area contributed by atoms with Crippen molar-refractivity contribution in [1.82, 2.24) is 8.96 Å². The van der Waals surface area contributed by atoms with E-state index in [0.717, 1.165) is 3.97 Å². The monoisotopic (exact) mass is 375 g/mol. The Morgan fingerprint density at radius 3 is 2.77 bits per heavy atom. The van der Waals surface area contributed by atoms with Crippen molar-refractivity contribution in [3.05, 3.63) is 60.0 Å². The number of benzene rings is 1. The van der Waals surface area contributed by atoms with E-state index in [9.17, 15) is 18.3 Å². The van der Waals surface area contributed by atoms with Gasteiger partial charge in [-0.05, 0) is 29.3 Å². The number of primary amides is 1. The van der Waals surface area contributed by atoms with Crippen LogP contribution in [0.15, 0.2) is 53.8 Å². The molecular weight excluding hydrogens is 358 g/mol. The van der Waals surface area contributed by atoms with Crippen molar-refractivity contribution in [3.63, 3.8) is 0 Å². The summed E-state index contributed by atoms with van der Waals surface area (Å²) in [6.45, 7) is -0.183. The van der Waals surface area contributed by atoms with E-state index in [1.54, 1.807) is 24.3 Å². The average Bonchev–Trinajstić information content (AvgIpc) is 3.01. The van der Waals surface area contributed by atoms with Gasteiger partial charge in [0.15, 0.2) is 0 Å². The molecule has 3 aromatic rings. The van der Waals surface area contributed by atoms with Gasteiger partial charge < -0.3 is 15.6 Å². The molecule has 3 rings (SSSR count). The molecule has 9 heteroatoms. The summed E-state index contributed by atoms with van der Waals surface area (Å²) >= 11 is 0. The number of rotatable bonds is 6. The Kier molecular flexibility index (Phi) is 4.92. The number of hydrogen-bond acceptors (Lipinski definition) is 6. The second-order valence-electron chi connectivity index (χ2n) is 5.57. The van der Waals surface area contributed by atoms with Crippen LogP contribution < -0.4 is 5.73 Å². The van der Waals surface area contributed by atoms with Gasteiger partial charge in [0, 0.05) is 30.4 Å². The second kappa shape index (κ2) is 7.14. The van der Waals surface area contributed by atoms with Gasteiger partial charge in [0.1, 0.15) is 4.90 Å². The summed E-state index contributed by atoms with van der Waals surface area (Å²) < 4.78 is 31.9. The lowest BCUT2D eigenvalue weighted by Crippen LogP contribution is -2.14. The average molecular weight is 375 g/mol. The molecule has 136 valence electrons. The van der Waals surface area contributed by atoms with E-state index >= 15 is 0 Å². The summed E-state index contributed by atoms with van der Waals surface area (Å²) in [5.41, 5.74) is 6.65. The second-order valence-corrected chi connectivity index (χ2v) is 7.39. The Labute approximate surface area is 149 Å². The first kappa shape index (κ1) is 17.9. The predicted octanol–water partition coefficient (Wildman–Crippen LogP) is 1.40. The molecule has 26 heavy (non-hydrogen) atoms. The van der Waals surface area contributed by atoms with E-state index in [-0.39, 0.29) is 18.1 Å². The van der Waals surface area contributed by atoms with Crippen LogP contribution in [-0.4, -0.2) is 35.2 Å². The fourth-order valence-electron chi connectivity index (χ4n) is 2.68. The van der Waals surface area contributed by atoms with Crippen molar-refractivity contribution < 1.29 is 23.1 Å². The first-order valence-corrected chi connectivity index (χ1v) is 9.19. The molecule has 0 fully saturated rings. The minimum Gasteiger partial charge on any atom is -0.449 e. The standard InChI is InChI=1S/C17H17N3O5S/c18-17(22)25-7-5-13-10-20(16-8-12(11-21)3-4-15(13)16)26(23,24)14-2-1-6-19-9-14/h1-4,6,8-10,21H,5,7,11H2,(H2,18,22). The first-order chi connectivity index (χ1) is 12.4. The molecule has 0 unspecified atom stereocenters. The third-order valence-corrected chi connectivity index (χ3v) is 5.57. The van der Waals surface area contributed by atoms with E-state index in [1.165, 1.54) is 24.7 Å². The minimum absolute atomic E-state index is 0.0309. The highest BCUT2D eigenvalue weighted by molar-refractivity contribution is 7.90. The molecule has 0 aliphatic heterocycles. The topological polar surface area (TPSA) is 125 Å². The number of ether oxygens (including phenoxy) is 1. The number of nitrogens with two attached hydrogens (primary N) is 1. The van der Waals surface area contributed by atoms with Crippen molar-refractivity contribution in [2.45, 2.75) is 17.9 Å². The number of carbonyl (C=O) groups is 1. The van der Waals surface area contributed by atoms with E-state index in [0.29, 0.717) is 28.5 Å². The van der Waals surface area contributed by atoms with Gasteiger partial charge in [0.25, 0.3) is 10.0 Å². The van der Waals surface area contributed by atoms with Crippen molar-refractivity contribution in [1.29, 1.82) is 0 Å². The summed E-state index contributed by atoms with van der Waals surface area (Å²) in [6.07, 6.45) is 3.65. The van der Waals surface area contributed by atoms with Crippen LogP contribution in [0.25, 0.3) is 10.9 Å². The largest absolute Gasteiger partial charge is 0.449 e. The highest BCUT2D eigenvalue weighted by Gasteiger charge is 2.21. The third kappa shape index (κ3) is 3.39. The molecule has 0 radical (unpaired) electrons. The van der Waals surface area contributed by atoms with Crippen LogP contribution in [0.1, 0.15) is 11.1 Å². The van der Waals surface area contributed by atoms with Gasteiger partial charge in [-0.25, -0.2) is 17.2 Å². The number of fused-ring (bicyclic) bond motifs is 1. The van der Waals surface area contributed by atoms with E-state index in [2.05, 4.69) is 4.98 Å². The highest BCUT2D eigenvalue weighted by atomic mass is 32.2. The van der Waals surface area contributed by atoms with Gasteiger partial charge in [-0.3, -0.25) is 4.98 Å². The quantitative estimate of drug-likeness (QED) is 0.671. The molecule has 0 spiro atoms. The zero-order valence-electron chi connectivity index (χ0n) is 13.7. The lowest BCUT2D eigenvalue weighted by Gasteiger charge is -2.07. The molecule has 0 aliphatic rings. The van der Waals surface area contributed by atoms with Crippen LogP contribution in [0.5, 0.6) is 0 Å². The number of carbonyl (C=O) groups excluding carboxylic acids is 1. The molecule has 0 saturated carbocycles. The molecule has 2 aromatic heterocycles. The Morgan fingerprint density at radius 1 is 1.31 bits per heavy atom. The van der Waals surface area contributed by atoms with Crippen molar-refractivity contribution in [3.8, 4) is 0 Å². The zero-order chi connectivity index (χ0) is 18.7. The van der Waals surface area contributed by atoms with Crippen molar-refractivity contribution in [2.24, 2.45) is 5.73 Å². The van der Waals surface area contributed by atoms with E-state index in [1.807, 2.05) is 0 Å². The van der Waals surface area contributed by atoms with Gasteiger partial charge in [-0.2, -0.15) is 0 Å². The number of aliphatic hydroxyl groups is 1. The van der Waals surface area contributed by atoms with E-state index in [4.69, 9.17) is 10.5 Å². The molecule has 3 N–H and O–H groups in total. The number of aromatic nitrogens is 2. The molecule has 2 heterocycles. The molecule has 8 nitrogen and oxygen atoms in total. The Hall–Kier alpha value is -2.91. The summed E-state index contributed by atoms with van der Waals surface area (Å²) in [7, 11) is -3.87. The summed E-state index contributed by atoms with van der Waals surface area (Å²) in [5.74, 6) is 0. The SMILES string of the molecule is NC(=O)OCCc1cn(S(=O)(=O)c2cccnc2)c2cc(CO)ccc12. The minimum atomic E-state index is -3.87. The molecular formula is C17H17N3O5S. The number of aliphatic hydroxyl groups excluding tert-OH is 1. The van der Waals surface area contributed by atoms with E-state index < -0.39 is 16.1 Å². The smallest absolute Gasteiger partial charge is 0.404 e. The maximum Gasteiger partial charge on any atom is 0.404 e. The van der Waals surface area contributed by atoms with Gasteiger partial charge in [-0.15, -0.1) is 0 Å². The number of hydrogen-bond donors (Lipinski definition) is 2. The molecule has 1 aromatic carbocycles. The predicted molar refractivity (Wildman–Crippen MR) is 93.9 cm³/mol. The Bertz CT molecular complexity index is 1040. The normalized spacial score (nSPS) is 11.6. The van der Waals surface area contributed by atoms with Crippen molar-refractivity contribution in [2.75, 3.05) is 6.61 Å². The number of nitrogens with zero attached hydrogens (tertiary/aromatic N) is 2.